The number of carbonyl (C=O) groups excluding carboxylic acids is 1. The Hall–Kier alpha value is -1.28. The Balaban J connectivity index is 4.09. The van der Waals surface area contributed by atoms with Crippen LogP contribution in [0.4, 0.5) is 0 Å². The number of hydrogen-bond donors (Lipinski definition) is 3. The third kappa shape index (κ3) is 50.6. The Kier molecular flexibility index (Phi) is 47.8. The number of aliphatic hydroxyl groups excluding tert-OH is 1. The van der Waals surface area contributed by atoms with E-state index in [9.17, 15) is 19.4 Å². The number of amides is 1. The van der Waals surface area contributed by atoms with Crippen LogP contribution < -0.4 is 5.32 Å². The minimum Gasteiger partial charge on any atom is -0.387 e. The van der Waals surface area contributed by atoms with E-state index < -0.39 is 20.0 Å². The molecule has 0 aromatic carbocycles. The molecule has 0 heterocycles. The van der Waals surface area contributed by atoms with Crippen molar-refractivity contribution >= 4 is 13.7 Å². The van der Waals surface area contributed by atoms with E-state index in [-0.39, 0.29) is 19.1 Å². The zero-order chi connectivity index (χ0) is 48.5. The maximum Gasteiger partial charge on any atom is 0.472 e. The number of nitrogens with one attached hydrogen (secondary N) is 1. The van der Waals surface area contributed by atoms with Crippen LogP contribution in [-0.4, -0.2) is 73.4 Å². The van der Waals surface area contributed by atoms with Gasteiger partial charge in [-0.3, -0.25) is 13.8 Å². The van der Waals surface area contributed by atoms with Crippen molar-refractivity contribution in [2.24, 2.45) is 0 Å². The maximum absolute atomic E-state index is 12.9. The number of likely N-dealkylation sites (N-methyl/N-ethyl adjacent to an activating group) is 1. The highest BCUT2D eigenvalue weighted by molar-refractivity contribution is 7.47. The van der Waals surface area contributed by atoms with Crippen molar-refractivity contribution in [3.05, 3.63) is 36.5 Å². The number of rotatable bonds is 52. The molecular weight excluding hydrogens is 840 g/mol. The molecule has 66 heavy (non-hydrogen) atoms. The van der Waals surface area contributed by atoms with Gasteiger partial charge in [0.05, 0.1) is 39.9 Å². The molecule has 0 aliphatic heterocycles. The minimum absolute atomic E-state index is 0.0570. The van der Waals surface area contributed by atoms with Gasteiger partial charge in [-0.05, 0) is 57.8 Å². The molecule has 0 saturated carbocycles. The molecule has 0 fully saturated rings. The Bertz CT molecular complexity index is 1170. The lowest BCUT2D eigenvalue weighted by molar-refractivity contribution is -0.870. The molecule has 0 aliphatic carbocycles. The lowest BCUT2D eigenvalue weighted by Gasteiger charge is -2.25. The fourth-order valence-corrected chi connectivity index (χ4v) is 9.08. The predicted octanol–water partition coefficient (Wildman–Crippen LogP) is 17.0. The molecule has 3 atom stereocenters. The molecule has 1 amide bonds. The van der Waals surface area contributed by atoms with Gasteiger partial charge in [0.1, 0.15) is 13.2 Å². The van der Waals surface area contributed by atoms with Crippen molar-refractivity contribution in [1.29, 1.82) is 0 Å². The second-order valence-electron chi connectivity index (χ2n) is 20.7. The predicted molar refractivity (Wildman–Crippen MR) is 286 cm³/mol. The summed E-state index contributed by atoms with van der Waals surface area (Å²) in [5.74, 6) is -0.185. The second-order valence-corrected chi connectivity index (χ2v) is 22.1. The molecule has 3 N–H and O–H groups in total. The summed E-state index contributed by atoms with van der Waals surface area (Å²) >= 11 is 0. The van der Waals surface area contributed by atoms with Gasteiger partial charge in [-0.15, -0.1) is 0 Å². The molecule has 0 saturated heterocycles. The molecule has 9 heteroatoms. The van der Waals surface area contributed by atoms with E-state index in [0.717, 1.165) is 38.5 Å². The SMILES string of the molecule is CCCCCCCCCC/C=C/CC/C=C/C(O)C(COP(=O)(O)OCC[N+](C)(C)C)NC(=O)CCCCCCCCCCCCCCCC/C=C\CCCCCCCCCCCCCC. The number of hydrogen-bond acceptors (Lipinski definition) is 5. The molecule has 0 spiro atoms. The summed E-state index contributed by atoms with van der Waals surface area (Å²) in [6, 6.07) is -0.861. The van der Waals surface area contributed by atoms with Crippen LogP contribution in [0.25, 0.3) is 0 Å². The van der Waals surface area contributed by atoms with Gasteiger partial charge >= 0.3 is 7.82 Å². The molecule has 3 unspecified atom stereocenters. The zero-order valence-electron chi connectivity index (χ0n) is 44.4. The van der Waals surface area contributed by atoms with E-state index in [1.165, 1.54) is 212 Å². The molecular formula is C57H112N2O6P+. The van der Waals surface area contributed by atoms with E-state index >= 15 is 0 Å². The molecule has 0 rings (SSSR count). The van der Waals surface area contributed by atoms with Gasteiger partial charge in [-0.1, -0.05) is 243 Å². The maximum atomic E-state index is 12.9. The van der Waals surface area contributed by atoms with Crippen molar-refractivity contribution in [3.63, 3.8) is 0 Å². The van der Waals surface area contributed by atoms with Crippen LogP contribution >= 0.6 is 7.82 Å². The molecule has 8 nitrogen and oxygen atoms in total. The van der Waals surface area contributed by atoms with Crippen LogP contribution in [0, 0.1) is 0 Å². The van der Waals surface area contributed by atoms with E-state index in [4.69, 9.17) is 9.05 Å². The largest absolute Gasteiger partial charge is 0.472 e. The minimum atomic E-state index is -4.35. The summed E-state index contributed by atoms with van der Waals surface area (Å²) in [5.41, 5.74) is 0. The smallest absolute Gasteiger partial charge is 0.387 e. The van der Waals surface area contributed by atoms with Gasteiger partial charge in [0.25, 0.3) is 0 Å². The summed E-state index contributed by atoms with van der Waals surface area (Å²) in [5, 5.41) is 13.9. The molecule has 0 bridgehead atoms. The lowest BCUT2D eigenvalue weighted by atomic mass is 10.0. The Morgan fingerprint density at radius 2 is 0.833 bits per heavy atom. The van der Waals surface area contributed by atoms with E-state index in [0.29, 0.717) is 17.4 Å². The van der Waals surface area contributed by atoms with E-state index in [2.05, 4.69) is 43.5 Å². The Morgan fingerprint density at radius 3 is 1.21 bits per heavy atom. The molecule has 0 aromatic heterocycles. The van der Waals surface area contributed by atoms with Crippen LogP contribution in [0.15, 0.2) is 36.5 Å². The topological polar surface area (TPSA) is 105 Å². The summed E-state index contributed by atoms with van der Waals surface area (Å²) in [4.78, 5) is 23.2. The number of phosphoric acid groups is 1. The third-order valence-electron chi connectivity index (χ3n) is 12.8. The normalized spacial score (nSPS) is 14.2. The first-order chi connectivity index (χ1) is 32.0. The average Bonchev–Trinajstić information content (AvgIpc) is 3.28. The third-order valence-corrected chi connectivity index (χ3v) is 13.8. The van der Waals surface area contributed by atoms with Crippen LogP contribution in [0.3, 0.4) is 0 Å². The highest BCUT2D eigenvalue weighted by Crippen LogP contribution is 2.43. The number of aliphatic hydroxyl groups is 1. The van der Waals surface area contributed by atoms with Crippen LogP contribution in [0.1, 0.15) is 271 Å². The number of nitrogens with zero attached hydrogens (tertiary/aromatic N) is 1. The van der Waals surface area contributed by atoms with E-state index in [1.807, 2.05) is 27.2 Å². The average molecular weight is 953 g/mol. The van der Waals surface area contributed by atoms with Gasteiger partial charge in [0.2, 0.25) is 5.91 Å². The first kappa shape index (κ1) is 64.7. The second kappa shape index (κ2) is 48.7. The zero-order valence-corrected chi connectivity index (χ0v) is 45.3. The van der Waals surface area contributed by atoms with Gasteiger partial charge in [0, 0.05) is 6.42 Å². The Morgan fingerprint density at radius 1 is 0.500 bits per heavy atom. The van der Waals surface area contributed by atoms with Crippen molar-refractivity contribution < 1.29 is 32.9 Å². The van der Waals surface area contributed by atoms with Gasteiger partial charge in [-0.2, -0.15) is 0 Å². The summed E-state index contributed by atoms with van der Waals surface area (Å²) in [6.07, 6.45) is 62.6. The Labute approximate surface area is 410 Å². The quantitative estimate of drug-likeness (QED) is 0.0243. The standard InChI is InChI=1S/C57H111N2O6P/c1-6-8-10-12-14-16-18-20-22-23-24-25-26-27-28-29-30-31-32-33-34-35-36-37-39-41-43-45-47-49-51-57(61)58-55(54-65-66(62,63)64-53-52-59(3,4)5)56(60)50-48-46-44-42-40-38-21-19-17-15-13-11-9-7-2/h27-28,40,42,48,50,55-56,60H,6-26,29-39,41,43-47,49,51-54H2,1-5H3,(H-,58,61,62,63)/p+1/b28-27-,42-40+,50-48+. The van der Waals surface area contributed by atoms with Crippen LogP contribution in [0.5, 0.6) is 0 Å². The summed E-state index contributed by atoms with van der Waals surface area (Å²) in [7, 11) is 1.56. The number of quaternary nitrogens is 1. The number of unbranched alkanes of at least 4 members (excludes halogenated alkanes) is 35. The van der Waals surface area contributed by atoms with Crippen molar-refractivity contribution in [1.82, 2.24) is 5.32 Å². The van der Waals surface area contributed by atoms with Crippen molar-refractivity contribution in [2.75, 3.05) is 40.9 Å². The number of carbonyl (C=O) groups is 1. The van der Waals surface area contributed by atoms with Crippen molar-refractivity contribution in [3.8, 4) is 0 Å². The van der Waals surface area contributed by atoms with E-state index in [1.54, 1.807) is 6.08 Å². The lowest BCUT2D eigenvalue weighted by Crippen LogP contribution is -2.45. The molecule has 0 radical (unpaired) electrons. The number of phosphoric ester groups is 1. The van der Waals surface area contributed by atoms with Gasteiger partial charge in [-0.25, -0.2) is 4.57 Å². The first-order valence-electron chi connectivity index (χ1n) is 28.4. The molecule has 0 aliphatic rings. The fraction of sp³-hybridized carbons (Fsp3) is 0.877. The first-order valence-corrected chi connectivity index (χ1v) is 29.9. The molecule has 0 aromatic rings. The fourth-order valence-electron chi connectivity index (χ4n) is 8.35. The highest BCUT2D eigenvalue weighted by atomic mass is 31.2. The highest BCUT2D eigenvalue weighted by Gasteiger charge is 2.27. The summed E-state index contributed by atoms with van der Waals surface area (Å²) < 4.78 is 23.6. The van der Waals surface area contributed by atoms with Crippen LogP contribution in [0.2, 0.25) is 0 Å². The van der Waals surface area contributed by atoms with Gasteiger partial charge in [0.15, 0.2) is 0 Å². The molecule has 390 valence electrons. The number of allylic oxidation sites excluding steroid dienone is 5. The van der Waals surface area contributed by atoms with Crippen LogP contribution in [-0.2, 0) is 18.4 Å². The summed E-state index contributed by atoms with van der Waals surface area (Å²) in [6.45, 7) is 4.81. The monoisotopic (exact) mass is 952 g/mol. The van der Waals surface area contributed by atoms with Gasteiger partial charge < -0.3 is 19.8 Å². The van der Waals surface area contributed by atoms with Crippen molar-refractivity contribution in [2.45, 2.75) is 283 Å².